The zero-order valence-electron chi connectivity index (χ0n) is 5.85. The van der Waals surface area contributed by atoms with E-state index in [9.17, 15) is 18.0 Å². The van der Waals surface area contributed by atoms with Crippen molar-refractivity contribution in [3.8, 4) is 0 Å². The normalized spacial score (nSPS) is 24.1. The lowest BCUT2D eigenvalue weighted by atomic mass is 10.4. The predicted molar refractivity (Wildman–Crippen MR) is 29.9 cm³/mol. The average molecular weight is 185 g/mol. The van der Waals surface area contributed by atoms with Crippen molar-refractivity contribution >= 4 is 5.97 Å². The Morgan fingerprint density at radius 2 is 2.25 bits per heavy atom. The van der Waals surface area contributed by atoms with Crippen LogP contribution in [0.2, 0.25) is 0 Å². The van der Waals surface area contributed by atoms with Crippen molar-refractivity contribution in [1.82, 2.24) is 5.32 Å². The monoisotopic (exact) mass is 185 g/mol. The van der Waals surface area contributed by atoms with Crippen LogP contribution in [0.4, 0.5) is 13.2 Å². The summed E-state index contributed by atoms with van der Waals surface area (Å²) in [5.74, 6) is -1.41. The average Bonchev–Trinajstić information content (AvgIpc) is 2.32. The van der Waals surface area contributed by atoms with E-state index in [-0.39, 0.29) is 13.3 Å². The van der Waals surface area contributed by atoms with Crippen LogP contribution in [0.1, 0.15) is 0 Å². The van der Waals surface area contributed by atoms with Crippen LogP contribution in [-0.2, 0) is 14.3 Å². The fourth-order valence-corrected chi connectivity index (χ4v) is 0.740. The fraction of sp³-hybridized carbons (Fsp3) is 0.800. The number of carbonyl (C=O) groups is 1. The molecule has 1 aliphatic rings. The summed E-state index contributed by atoms with van der Waals surface area (Å²) in [6.45, 7) is 0.118. The van der Waals surface area contributed by atoms with E-state index in [2.05, 4.69) is 14.8 Å². The number of ether oxygens (including phenoxy) is 2. The van der Waals surface area contributed by atoms with Crippen LogP contribution >= 0.6 is 0 Å². The molecule has 1 rings (SSSR count). The molecule has 0 radical (unpaired) electrons. The summed E-state index contributed by atoms with van der Waals surface area (Å²) in [7, 11) is 0. The number of rotatable bonds is 1. The first kappa shape index (κ1) is 9.27. The summed E-state index contributed by atoms with van der Waals surface area (Å²) >= 11 is 0. The first-order valence-electron chi connectivity index (χ1n) is 3.11. The molecule has 1 aliphatic heterocycles. The molecule has 7 heteroatoms. The van der Waals surface area contributed by atoms with E-state index in [0.29, 0.717) is 0 Å². The molecule has 0 aliphatic carbocycles. The summed E-state index contributed by atoms with van der Waals surface area (Å²) in [6, 6.07) is 0. The standard InChI is InChI=1S/C5H6F3NO3/c6-5(7,8)12-4(10)3-1-9-2-11-3/h3,9H,1-2H2. The Morgan fingerprint density at radius 3 is 2.67 bits per heavy atom. The van der Waals surface area contributed by atoms with E-state index < -0.39 is 18.4 Å². The highest BCUT2D eigenvalue weighted by Crippen LogP contribution is 2.18. The third-order valence-electron chi connectivity index (χ3n) is 1.20. The van der Waals surface area contributed by atoms with Crippen LogP contribution < -0.4 is 5.32 Å². The summed E-state index contributed by atoms with van der Waals surface area (Å²) in [6.07, 6.45) is -6.07. The number of hydrogen-bond donors (Lipinski definition) is 1. The van der Waals surface area contributed by atoms with Crippen LogP contribution in [0, 0.1) is 0 Å². The van der Waals surface area contributed by atoms with Gasteiger partial charge in [-0.05, 0) is 0 Å². The van der Waals surface area contributed by atoms with Crippen molar-refractivity contribution < 1.29 is 27.4 Å². The Bertz CT molecular complexity index is 175. The molecular weight excluding hydrogens is 179 g/mol. The fourth-order valence-electron chi connectivity index (χ4n) is 0.740. The lowest BCUT2D eigenvalue weighted by Crippen LogP contribution is -2.31. The highest BCUT2D eigenvalue weighted by atomic mass is 19.4. The van der Waals surface area contributed by atoms with Crippen molar-refractivity contribution in [3.05, 3.63) is 0 Å². The highest BCUT2D eigenvalue weighted by molar-refractivity contribution is 5.75. The van der Waals surface area contributed by atoms with Gasteiger partial charge in [0.15, 0.2) is 6.10 Å². The molecule has 4 nitrogen and oxygen atoms in total. The largest absolute Gasteiger partial charge is 0.575 e. The molecule has 1 fully saturated rings. The number of carbonyl (C=O) groups excluding carboxylic acids is 1. The quantitative estimate of drug-likeness (QED) is 0.584. The molecule has 0 saturated carbocycles. The summed E-state index contributed by atoms with van der Waals surface area (Å²) in [4.78, 5) is 10.6. The van der Waals surface area contributed by atoms with E-state index in [1.165, 1.54) is 0 Å². The van der Waals surface area contributed by atoms with Gasteiger partial charge in [-0.3, -0.25) is 5.32 Å². The number of nitrogens with one attached hydrogen (secondary N) is 1. The van der Waals surface area contributed by atoms with Crippen LogP contribution in [0.15, 0.2) is 0 Å². The van der Waals surface area contributed by atoms with Gasteiger partial charge >= 0.3 is 12.3 Å². The van der Waals surface area contributed by atoms with Gasteiger partial charge in [-0.15, -0.1) is 13.2 Å². The van der Waals surface area contributed by atoms with Crippen LogP contribution in [0.5, 0.6) is 0 Å². The lowest BCUT2D eigenvalue weighted by molar-refractivity contribution is -0.309. The molecule has 0 spiro atoms. The van der Waals surface area contributed by atoms with Gasteiger partial charge in [0.2, 0.25) is 0 Å². The molecule has 0 aromatic rings. The molecule has 1 atom stereocenters. The third-order valence-corrected chi connectivity index (χ3v) is 1.20. The smallest absolute Gasteiger partial charge is 0.371 e. The second kappa shape index (κ2) is 3.28. The summed E-state index contributed by atoms with van der Waals surface area (Å²) in [5, 5.41) is 2.55. The second-order valence-corrected chi connectivity index (χ2v) is 2.12. The van der Waals surface area contributed by atoms with Gasteiger partial charge in [-0.1, -0.05) is 0 Å². The Hall–Kier alpha value is -0.820. The van der Waals surface area contributed by atoms with Gasteiger partial charge in [-0.2, -0.15) is 0 Å². The number of esters is 1. The molecule has 1 N–H and O–H groups in total. The van der Waals surface area contributed by atoms with Crippen molar-refractivity contribution in [2.75, 3.05) is 13.3 Å². The maximum Gasteiger partial charge on any atom is 0.575 e. The topological polar surface area (TPSA) is 47.6 Å². The molecule has 0 aromatic carbocycles. The molecule has 1 saturated heterocycles. The SMILES string of the molecule is O=C(OC(F)(F)F)C1CNCO1. The predicted octanol–water partition coefficient (Wildman–Crippen LogP) is -0.00470. The molecule has 1 heterocycles. The van der Waals surface area contributed by atoms with Crippen LogP contribution in [-0.4, -0.2) is 31.7 Å². The molecular formula is C5H6F3NO3. The van der Waals surface area contributed by atoms with E-state index in [1.807, 2.05) is 0 Å². The van der Waals surface area contributed by atoms with E-state index in [1.54, 1.807) is 0 Å². The Balaban J connectivity index is 2.37. The Labute approximate surface area is 65.6 Å². The van der Waals surface area contributed by atoms with Gasteiger partial charge in [0, 0.05) is 6.54 Å². The van der Waals surface area contributed by atoms with Gasteiger partial charge in [0.1, 0.15) is 0 Å². The first-order valence-corrected chi connectivity index (χ1v) is 3.11. The van der Waals surface area contributed by atoms with Gasteiger partial charge in [0.25, 0.3) is 0 Å². The molecule has 70 valence electrons. The third kappa shape index (κ3) is 2.67. The number of halogens is 3. The van der Waals surface area contributed by atoms with Crippen molar-refractivity contribution in [2.24, 2.45) is 0 Å². The number of alkyl halides is 3. The highest BCUT2D eigenvalue weighted by Gasteiger charge is 2.38. The maximum atomic E-state index is 11.4. The van der Waals surface area contributed by atoms with Crippen LogP contribution in [0.3, 0.4) is 0 Å². The van der Waals surface area contributed by atoms with Gasteiger partial charge in [0.05, 0.1) is 6.73 Å². The van der Waals surface area contributed by atoms with Gasteiger partial charge in [-0.25, -0.2) is 4.79 Å². The van der Waals surface area contributed by atoms with Crippen molar-refractivity contribution in [1.29, 1.82) is 0 Å². The lowest BCUT2D eigenvalue weighted by Gasteiger charge is -2.10. The molecule has 12 heavy (non-hydrogen) atoms. The zero-order valence-corrected chi connectivity index (χ0v) is 5.85. The second-order valence-electron chi connectivity index (χ2n) is 2.12. The van der Waals surface area contributed by atoms with Crippen molar-refractivity contribution in [2.45, 2.75) is 12.5 Å². The summed E-state index contributed by atoms with van der Waals surface area (Å²) < 4.78 is 42.0. The van der Waals surface area contributed by atoms with E-state index in [0.717, 1.165) is 0 Å². The summed E-state index contributed by atoms with van der Waals surface area (Å²) in [5.41, 5.74) is 0. The van der Waals surface area contributed by atoms with E-state index >= 15 is 0 Å². The van der Waals surface area contributed by atoms with E-state index in [4.69, 9.17) is 0 Å². The minimum Gasteiger partial charge on any atom is -0.371 e. The first-order chi connectivity index (χ1) is 5.49. The van der Waals surface area contributed by atoms with Crippen molar-refractivity contribution in [3.63, 3.8) is 0 Å². The Kier molecular flexibility index (Phi) is 2.53. The number of hydrogen-bond acceptors (Lipinski definition) is 4. The molecule has 0 aromatic heterocycles. The minimum atomic E-state index is -4.93. The molecule has 0 amide bonds. The molecule has 0 bridgehead atoms. The molecule has 1 unspecified atom stereocenters. The Morgan fingerprint density at radius 1 is 1.58 bits per heavy atom. The maximum absolute atomic E-state index is 11.4. The zero-order chi connectivity index (χ0) is 9.19. The van der Waals surface area contributed by atoms with Crippen LogP contribution in [0.25, 0.3) is 0 Å². The minimum absolute atomic E-state index is 0.0505. The van der Waals surface area contributed by atoms with Gasteiger partial charge < -0.3 is 9.47 Å².